The molecule has 1 aliphatic rings. The number of piperidine rings is 1. The number of carboxylic acids is 1. The fourth-order valence-corrected chi connectivity index (χ4v) is 2.62. The van der Waals surface area contributed by atoms with E-state index in [1.165, 1.54) is 0 Å². The van der Waals surface area contributed by atoms with Crippen LogP contribution in [0.2, 0.25) is 0 Å². The average Bonchev–Trinajstić information content (AvgIpc) is 2.47. The SMILES string of the molecule is O=C(O)CCOC1CCN(C(=O)c2ccnc(Br)c2)CC1. The van der Waals surface area contributed by atoms with E-state index in [1.807, 2.05) is 0 Å². The predicted octanol–water partition coefficient (Wildman–Crippen LogP) is 1.94. The van der Waals surface area contributed by atoms with Crippen molar-refractivity contribution in [2.75, 3.05) is 19.7 Å². The lowest BCUT2D eigenvalue weighted by molar-refractivity contribution is -0.138. The molecule has 0 aromatic carbocycles. The molecule has 1 saturated heterocycles. The van der Waals surface area contributed by atoms with Gasteiger partial charge in [0.05, 0.1) is 19.1 Å². The molecule has 0 atom stereocenters. The van der Waals surface area contributed by atoms with Crippen LogP contribution in [0.25, 0.3) is 0 Å². The van der Waals surface area contributed by atoms with Gasteiger partial charge in [-0.2, -0.15) is 0 Å². The second-order valence-corrected chi connectivity index (χ2v) is 5.69. The Hall–Kier alpha value is -1.47. The van der Waals surface area contributed by atoms with Crippen LogP contribution in [0.1, 0.15) is 29.6 Å². The van der Waals surface area contributed by atoms with E-state index in [1.54, 1.807) is 23.2 Å². The first-order chi connectivity index (χ1) is 10.1. The molecule has 1 N–H and O–H groups in total. The number of rotatable bonds is 5. The topological polar surface area (TPSA) is 79.7 Å². The molecule has 0 saturated carbocycles. The summed E-state index contributed by atoms with van der Waals surface area (Å²) in [7, 11) is 0. The summed E-state index contributed by atoms with van der Waals surface area (Å²) >= 11 is 3.25. The summed E-state index contributed by atoms with van der Waals surface area (Å²) in [6, 6.07) is 3.40. The van der Waals surface area contributed by atoms with E-state index >= 15 is 0 Å². The number of carbonyl (C=O) groups is 2. The molecule has 1 aromatic heterocycles. The van der Waals surface area contributed by atoms with Crippen LogP contribution >= 0.6 is 15.9 Å². The number of amides is 1. The number of nitrogens with zero attached hydrogens (tertiary/aromatic N) is 2. The number of hydrogen-bond donors (Lipinski definition) is 1. The minimum Gasteiger partial charge on any atom is -0.481 e. The molecule has 0 unspecified atom stereocenters. The summed E-state index contributed by atoms with van der Waals surface area (Å²) in [5.41, 5.74) is 0.613. The van der Waals surface area contributed by atoms with Gasteiger partial charge >= 0.3 is 5.97 Å². The summed E-state index contributed by atoms with van der Waals surface area (Å²) in [6.45, 7) is 1.47. The van der Waals surface area contributed by atoms with Crippen molar-refractivity contribution in [3.63, 3.8) is 0 Å². The number of carboxylic acid groups (broad SMARTS) is 1. The molecule has 114 valence electrons. The van der Waals surface area contributed by atoms with Crippen LogP contribution in [0, 0.1) is 0 Å². The van der Waals surface area contributed by atoms with Gasteiger partial charge in [-0.25, -0.2) is 4.98 Å². The Morgan fingerprint density at radius 2 is 2.14 bits per heavy atom. The number of aliphatic carboxylic acids is 1. The Morgan fingerprint density at radius 1 is 1.43 bits per heavy atom. The first kappa shape index (κ1) is 15.9. The van der Waals surface area contributed by atoms with Gasteiger partial charge in [-0.3, -0.25) is 9.59 Å². The number of carbonyl (C=O) groups excluding carboxylic acids is 1. The lowest BCUT2D eigenvalue weighted by Gasteiger charge is -2.32. The molecular formula is C14H17BrN2O4. The minimum absolute atomic E-state index is 0.0120. The first-order valence-corrected chi connectivity index (χ1v) is 7.60. The van der Waals surface area contributed by atoms with Crippen molar-refractivity contribution in [1.82, 2.24) is 9.88 Å². The molecule has 0 radical (unpaired) electrons. The van der Waals surface area contributed by atoms with E-state index in [0.717, 1.165) is 12.8 Å². The number of likely N-dealkylation sites (tertiary alicyclic amines) is 1. The van der Waals surface area contributed by atoms with Crippen molar-refractivity contribution in [1.29, 1.82) is 0 Å². The zero-order valence-electron chi connectivity index (χ0n) is 11.5. The van der Waals surface area contributed by atoms with Gasteiger partial charge in [0.15, 0.2) is 0 Å². The van der Waals surface area contributed by atoms with Gasteiger partial charge in [0.1, 0.15) is 4.60 Å². The van der Waals surface area contributed by atoms with Gasteiger partial charge in [0.2, 0.25) is 0 Å². The Balaban J connectivity index is 1.81. The van der Waals surface area contributed by atoms with Gasteiger partial charge in [0.25, 0.3) is 5.91 Å². The highest BCUT2D eigenvalue weighted by Gasteiger charge is 2.24. The molecule has 2 rings (SSSR count). The van der Waals surface area contributed by atoms with E-state index in [2.05, 4.69) is 20.9 Å². The Kier molecular flexibility index (Phi) is 5.69. The van der Waals surface area contributed by atoms with Gasteiger partial charge in [0, 0.05) is 24.8 Å². The Bertz CT molecular complexity index is 515. The molecule has 7 heteroatoms. The van der Waals surface area contributed by atoms with Crippen molar-refractivity contribution in [2.45, 2.75) is 25.4 Å². The molecule has 2 heterocycles. The maximum Gasteiger partial charge on any atom is 0.305 e. The predicted molar refractivity (Wildman–Crippen MR) is 79.1 cm³/mol. The quantitative estimate of drug-likeness (QED) is 0.815. The zero-order valence-corrected chi connectivity index (χ0v) is 13.1. The van der Waals surface area contributed by atoms with Crippen LogP contribution in [0.15, 0.2) is 22.9 Å². The molecule has 1 aromatic rings. The fourth-order valence-electron chi connectivity index (χ4n) is 2.26. The molecule has 1 fully saturated rings. The molecule has 21 heavy (non-hydrogen) atoms. The van der Waals surface area contributed by atoms with Crippen LogP contribution in [-0.4, -0.2) is 52.7 Å². The molecule has 0 spiro atoms. The van der Waals surface area contributed by atoms with Gasteiger partial charge < -0.3 is 14.7 Å². The second kappa shape index (κ2) is 7.51. The molecule has 1 amide bonds. The number of hydrogen-bond acceptors (Lipinski definition) is 4. The van der Waals surface area contributed by atoms with Crippen molar-refractivity contribution in [3.05, 3.63) is 28.5 Å². The standard InChI is InChI=1S/C14H17BrN2O4/c15-12-9-10(1-5-16-12)14(20)17-6-2-11(3-7-17)21-8-4-13(18)19/h1,5,9,11H,2-4,6-8H2,(H,18,19). The van der Waals surface area contributed by atoms with Gasteiger partial charge in [-0.05, 0) is 40.9 Å². The maximum atomic E-state index is 12.3. The zero-order chi connectivity index (χ0) is 15.2. The third-order valence-electron chi connectivity index (χ3n) is 3.37. The first-order valence-electron chi connectivity index (χ1n) is 6.80. The largest absolute Gasteiger partial charge is 0.481 e. The van der Waals surface area contributed by atoms with Crippen LogP contribution in [0.3, 0.4) is 0 Å². The highest BCUT2D eigenvalue weighted by Crippen LogP contribution is 2.17. The smallest absolute Gasteiger partial charge is 0.305 e. The van der Waals surface area contributed by atoms with E-state index in [0.29, 0.717) is 23.3 Å². The second-order valence-electron chi connectivity index (χ2n) is 4.87. The van der Waals surface area contributed by atoms with Crippen LogP contribution in [0.4, 0.5) is 0 Å². The average molecular weight is 357 g/mol. The maximum absolute atomic E-state index is 12.3. The minimum atomic E-state index is -0.856. The highest BCUT2D eigenvalue weighted by atomic mass is 79.9. The highest BCUT2D eigenvalue weighted by molar-refractivity contribution is 9.10. The summed E-state index contributed by atoms with van der Waals surface area (Å²) in [4.78, 5) is 28.5. The van der Waals surface area contributed by atoms with Crippen molar-refractivity contribution < 1.29 is 19.4 Å². The summed E-state index contributed by atoms with van der Waals surface area (Å²) in [5, 5.41) is 8.56. The molecule has 6 nitrogen and oxygen atoms in total. The van der Waals surface area contributed by atoms with Gasteiger partial charge in [-0.15, -0.1) is 0 Å². The van der Waals surface area contributed by atoms with Crippen LogP contribution in [-0.2, 0) is 9.53 Å². The number of aromatic nitrogens is 1. The lowest BCUT2D eigenvalue weighted by Crippen LogP contribution is -2.41. The molecule has 0 bridgehead atoms. The normalized spacial score (nSPS) is 16.0. The van der Waals surface area contributed by atoms with E-state index in [4.69, 9.17) is 9.84 Å². The summed E-state index contributed by atoms with van der Waals surface area (Å²) in [5.74, 6) is -0.868. The number of halogens is 1. The number of ether oxygens (including phenoxy) is 1. The summed E-state index contributed by atoms with van der Waals surface area (Å²) in [6.07, 6.45) is 3.12. The Morgan fingerprint density at radius 3 is 2.76 bits per heavy atom. The van der Waals surface area contributed by atoms with E-state index in [-0.39, 0.29) is 25.0 Å². The molecule has 0 aliphatic carbocycles. The fraction of sp³-hybridized carbons (Fsp3) is 0.500. The molecule has 1 aliphatic heterocycles. The Labute approximate surface area is 131 Å². The van der Waals surface area contributed by atoms with Crippen molar-refractivity contribution >= 4 is 27.8 Å². The third-order valence-corrected chi connectivity index (χ3v) is 3.81. The van der Waals surface area contributed by atoms with Crippen molar-refractivity contribution in [3.8, 4) is 0 Å². The van der Waals surface area contributed by atoms with Crippen LogP contribution < -0.4 is 0 Å². The lowest BCUT2D eigenvalue weighted by atomic mass is 10.1. The molecular weight excluding hydrogens is 340 g/mol. The van der Waals surface area contributed by atoms with Gasteiger partial charge in [-0.1, -0.05) is 0 Å². The number of pyridine rings is 1. The van der Waals surface area contributed by atoms with Crippen molar-refractivity contribution in [2.24, 2.45) is 0 Å². The van der Waals surface area contributed by atoms with Crippen LogP contribution in [0.5, 0.6) is 0 Å². The van der Waals surface area contributed by atoms with E-state index < -0.39 is 5.97 Å². The van der Waals surface area contributed by atoms with E-state index in [9.17, 15) is 9.59 Å². The summed E-state index contributed by atoms with van der Waals surface area (Å²) < 4.78 is 6.15. The monoisotopic (exact) mass is 356 g/mol. The third kappa shape index (κ3) is 4.78.